The third kappa shape index (κ3) is 1.91. The van der Waals surface area contributed by atoms with Gasteiger partial charge in [0.2, 0.25) is 0 Å². The van der Waals surface area contributed by atoms with Crippen molar-refractivity contribution in [2.24, 2.45) is 0 Å². The molecule has 0 saturated carbocycles. The Morgan fingerprint density at radius 3 is 2.29 bits per heavy atom. The van der Waals surface area contributed by atoms with Crippen LogP contribution in [0.3, 0.4) is 0 Å². The van der Waals surface area contributed by atoms with E-state index in [0.29, 0.717) is 0 Å². The van der Waals surface area contributed by atoms with Gasteiger partial charge in [-0.15, -0.1) is 0 Å². The lowest BCUT2D eigenvalue weighted by atomic mass is 9.82. The number of hydrogen-bond donors (Lipinski definition) is 0. The molecule has 2 radical (unpaired) electrons. The molecule has 0 aliphatic heterocycles. The highest BCUT2D eigenvalue weighted by molar-refractivity contribution is 6.08. The summed E-state index contributed by atoms with van der Waals surface area (Å²) in [6.45, 7) is 0. The molecule has 1 aliphatic rings. The van der Waals surface area contributed by atoms with Crippen molar-refractivity contribution in [2.45, 2.75) is 25.6 Å². The van der Waals surface area contributed by atoms with Crippen LogP contribution in [0, 0.1) is 0 Å². The second-order valence-corrected chi connectivity index (χ2v) is 4.72. The maximum absolute atomic E-state index is 5.69. The molecule has 2 aromatic rings. The van der Waals surface area contributed by atoms with E-state index in [1.807, 2.05) is 0 Å². The lowest BCUT2D eigenvalue weighted by Gasteiger charge is -2.22. The second-order valence-electron chi connectivity index (χ2n) is 4.72. The van der Waals surface area contributed by atoms with Crippen molar-refractivity contribution in [3.8, 4) is 0 Å². The molecule has 0 nitrogen and oxygen atoms in total. The van der Waals surface area contributed by atoms with Crippen molar-refractivity contribution in [2.75, 3.05) is 0 Å². The topological polar surface area (TPSA) is 0 Å². The van der Waals surface area contributed by atoms with E-state index in [9.17, 15) is 0 Å². The molecule has 0 unspecified atom stereocenters. The van der Waals surface area contributed by atoms with Crippen LogP contribution in [0.5, 0.6) is 0 Å². The Labute approximate surface area is 104 Å². The molecule has 0 amide bonds. The Morgan fingerprint density at radius 1 is 0.824 bits per heavy atom. The van der Waals surface area contributed by atoms with Crippen molar-refractivity contribution in [3.05, 3.63) is 70.3 Å². The molecule has 0 fully saturated rings. The molecule has 0 aromatic heterocycles. The first-order valence-electron chi connectivity index (χ1n) is 6.25. The normalized spacial score (nSPS) is 12.9. The first-order chi connectivity index (χ1) is 8.38. The van der Waals surface area contributed by atoms with Gasteiger partial charge < -0.3 is 0 Å². The fourth-order valence-electron chi connectivity index (χ4n) is 2.77. The molecule has 0 heterocycles. The lowest BCUT2D eigenvalue weighted by Crippen LogP contribution is -2.09. The smallest absolute Gasteiger partial charge is 0.0657 e. The van der Waals surface area contributed by atoms with E-state index >= 15 is 0 Å². The minimum atomic E-state index is 0.734. The molecule has 1 aliphatic carbocycles. The highest BCUT2D eigenvalue weighted by Gasteiger charge is 2.16. The molecular weight excluding hydrogens is 203 g/mol. The van der Waals surface area contributed by atoms with E-state index in [4.69, 9.17) is 7.85 Å². The average Bonchev–Trinajstić information content (AvgIpc) is 2.37. The molecule has 0 spiro atoms. The van der Waals surface area contributed by atoms with Gasteiger partial charge in [0.25, 0.3) is 0 Å². The molecule has 0 atom stereocenters. The standard InChI is InChI=1S/C16H15B/c17-9-8-12-6-3-7-15-10-13-4-1-2-5-14(13)11-16(12)15/h1-7H,8-11H2. The second kappa shape index (κ2) is 4.41. The van der Waals surface area contributed by atoms with Gasteiger partial charge in [-0.3, -0.25) is 0 Å². The predicted molar refractivity (Wildman–Crippen MR) is 72.8 cm³/mol. The van der Waals surface area contributed by atoms with Gasteiger partial charge in [0.1, 0.15) is 0 Å². The molecule has 0 saturated heterocycles. The molecular formula is C16H15B. The lowest BCUT2D eigenvalue weighted by molar-refractivity contribution is 0.958. The summed E-state index contributed by atoms with van der Waals surface area (Å²) in [5, 5.41) is 0. The fraction of sp³-hybridized carbons (Fsp3) is 0.250. The van der Waals surface area contributed by atoms with E-state index in [2.05, 4.69) is 42.5 Å². The zero-order chi connectivity index (χ0) is 11.7. The molecule has 2 aromatic carbocycles. The highest BCUT2D eigenvalue weighted by Crippen LogP contribution is 2.29. The SMILES string of the molecule is [B]CCc1cccc2c1Cc1ccccc1C2. The van der Waals surface area contributed by atoms with Crippen LogP contribution in [-0.2, 0) is 19.3 Å². The van der Waals surface area contributed by atoms with E-state index in [1.165, 1.54) is 27.8 Å². The summed E-state index contributed by atoms with van der Waals surface area (Å²) in [4.78, 5) is 0. The number of benzene rings is 2. The molecule has 3 rings (SSSR count). The Balaban J connectivity index is 2.05. The van der Waals surface area contributed by atoms with Crippen molar-refractivity contribution in [3.63, 3.8) is 0 Å². The maximum atomic E-state index is 5.69. The summed E-state index contributed by atoms with van der Waals surface area (Å²) in [6.07, 6.45) is 3.87. The van der Waals surface area contributed by atoms with Crippen molar-refractivity contribution >= 4 is 7.85 Å². The summed E-state index contributed by atoms with van der Waals surface area (Å²) < 4.78 is 0. The summed E-state index contributed by atoms with van der Waals surface area (Å²) in [7, 11) is 5.69. The third-order valence-electron chi connectivity index (χ3n) is 3.65. The van der Waals surface area contributed by atoms with Crippen LogP contribution in [0.4, 0.5) is 0 Å². The van der Waals surface area contributed by atoms with Crippen LogP contribution in [-0.4, -0.2) is 7.85 Å². The van der Waals surface area contributed by atoms with Crippen molar-refractivity contribution in [1.82, 2.24) is 0 Å². The third-order valence-corrected chi connectivity index (χ3v) is 3.65. The maximum Gasteiger partial charge on any atom is 0.0657 e. The van der Waals surface area contributed by atoms with Gasteiger partial charge in [0.05, 0.1) is 7.85 Å². The Kier molecular flexibility index (Phi) is 2.76. The Morgan fingerprint density at radius 2 is 1.53 bits per heavy atom. The minimum Gasteiger partial charge on any atom is -0.0847 e. The van der Waals surface area contributed by atoms with Crippen LogP contribution in [0.2, 0.25) is 6.32 Å². The summed E-state index contributed by atoms with van der Waals surface area (Å²) in [6, 6.07) is 15.4. The van der Waals surface area contributed by atoms with Gasteiger partial charge in [-0.1, -0.05) is 48.8 Å². The predicted octanol–water partition coefficient (Wildman–Crippen LogP) is 3.31. The average molecular weight is 218 g/mol. The summed E-state index contributed by atoms with van der Waals surface area (Å²) >= 11 is 0. The highest BCUT2D eigenvalue weighted by atomic mass is 14.2. The van der Waals surface area contributed by atoms with Gasteiger partial charge in [-0.25, -0.2) is 0 Å². The van der Waals surface area contributed by atoms with Gasteiger partial charge in [0, 0.05) is 0 Å². The van der Waals surface area contributed by atoms with Crippen LogP contribution in [0.25, 0.3) is 0 Å². The Bertz CT molecular complexity index is 543. The number of hydrogen-bond acceptors (Lipinski definition) is 0. The first kappa shape index (κ1) is 10.6. The van der Waals surface area contributed by atoms with E-state index in [0.717, 1.165) is 25.6 Å². The molecule has 0 bridgehead atoms. The van der Waals surface area contributed by atoms with Crippen LogP contribution in [0.1, 0.15) is 27.8 Å². The fourth-order valence-corrected chi connectivity index (χ4v) is 2.77. The zero-order valence-corrected chi connectivity index (χ0v) is 9.95. The molecule has 0 N–H and O–H groups in total. The van der Waals surface area contributed by atoms with Crippen LogP contribution >= 0.6 is 0 Å². The summed E-state index contributed by atoms with van der Waals surface area (Å²) in [5.74, 6) is 0. The van der Waals surface area contributed by atoms with E-state index < -0.39 is 0 Å². The van der Waals surface area contributed by atoms with Crippen molar-refractivity contribution < 1.29 is 0 Å². The van der Waals surface area contributed by atoms with Gasteiger partial charge in [-0.2, -0.15) is 0 Å². The number of aryl methyl sites for hydroxylation is 1. The zero-order valence-electron chi connectivity index (χ0n) is 9.95. The molecule has 1 heteroatoms. The molecule has 17 heavy (non-hydrogen) atoms. The van der Waals surface area contributed by atoms with Gasteiger partial charge in [0.15, 0.2) is 0 Å². The van der Waals surface area contributed by atoms with E-state index in [-0.39, 0.29) is 0 Å². The quantitative estimate of drug-likeness (QED) is 0.579. The van der Waals surface area contributed by atoms with E-state index in [1.54, 1.807) is 0 Å². The number of rotatable bonds is 2. The number of fused-ring (bicyclic) bond motifs is 2. The van der Waals surface area contributed by atoms with Crippen molar-refractivity contribution in [1.29, 1.82) is 0 Å². The van der Waals surface area contributed by atoms with Crippen LogP contribution in [0.15, 0.2) is 42.5 Å². The first-order valence-corrected chi connectivity index (χ1v) is 6.25. The van der Waals surface area contributed by atoms with Gasteiger partial charge >= 0.3 is 0 Å². The van der Waals surface area contributed by atoms with Gasteiger partial charge in [-0.05, 0) is 47.1 Å². The van der Waals surface area contributed by atoms with Crippen LogP contribution < -0.4 is 0 Å². The minimum absolute atomic E-state index is 0.734. The Hall–Kier alpha value is -1.50. The largest absolute Gasteiger partial charge is 0.0847 e. The molecule has 82 valence electrons. The summed E-state index contributed by atoms with van der Waals surface area (Å²) in [5.41, 5.74) is 7.38. The monoisotopic (exact) mass is 218 g/mol.